The van der Waals surface area contributed by atoms with E-state index in [2.05, 4.69) is 10.2 Å². The zero-order valence-corrected chi connectivity index (χ0v) is 17.8. The van der Waals surface area contributed by atoms with Crippen molar-refractivity contribution in [1.82, 2.24) is 24.2 Å². The number of H-pyrrole nitrogens is 1. The molecule has 2 aliphatic carbocycles. The molecule has 3 aliphatic rings. The summed E-state index contributed by atoms with van der Waals surface area (Å²) >= 11 is 0. The summed E-state index contributed by atoms with van der Waals surface area (Å²) in [5.74, 6) is 0.633. The third kappa shape index (κ3) is 3.30. The number of nitrogens with one attached hydrogen (secondary N) is 1. The maximum absolute atomic E-state index is 13.5. The van der Waals surface area contributed by atoms with E-state index >= 15 is 0 Å². The molecule has 31 heavy (non-hydrogen) atoms. The SMILES string of the molecule is O=C(c1ccc2c(c1)n(CC1CC1)c(=O)n2C1CCCCC1)N1CCc2[nH]ncc2C1. The number of carbonyl (C=O) groups excluding carboxylic acids is 1. The van der Waals surface area contributed by atoms with Gasteiger partial charge in [-0.05, 0) is 49.8 Å². The van der Waals surface area contributed by atoms with Gasteiger partial charge in [0.25, 0.3) is 5.91 Å². The van der Waals surface area contributed by atoms with Gasteiger partial charge < -0.3 is 4.90 Å². The lowest BCUT2D eigenvalue weighted by molar-refractivity contribution is 0.0734. The van der Waals surface area contributed by atoms with Crippen molar-refractivity contribution >= 4 is 16.9 Å². The number of hydrogen-bond acceptors (Lipinski definition) is 3. The average Bonchev–Trinajstić information content (AvgIpc) is 3.43. The maximum atomic E-state index is 13.5. The fourth-order valence-electron chi connectivity index (χ4n) is 5.42. The maximum Gasteiger partial charge on any atom is 0.329 e. The van der Waals surface area contributed by atoms with Crippen LogP contribution in [0.15, 0.2) is 29.2 Å². The number of fused-ring (bicyclic) bond motifs is 2. The van der Waals surface area contributed by atoms with Gasteiger partial charge in [-0.3, -0.25) is 19.0 Å². The van der Waals surface area contributed by atoms with Crippen LogP contribution in [0, 0.1) is 5.92 Å². The van der Waals surface area contributed by atoms with E-state index in [1.807, 2.05) is 38.4 Å². The van der Waals surface area contributed by atoms with Crippen molar-refractivity contribution in [3.63, 3.8) is 0 Å². The van der Waals surface area contributed by atoms with Crippen molar-refractivity contribution in [3.05, 3.63) is 51.7 Å². The number of hydrogen-bond donors (Lipinski definition) is 1. The molecule has 7 heteroatoms. The third-order valence-corrected chi connectivity index (χ3v) is 7.37. The lowest BCUT2D eigenvalue weighted by Crippen LogP contribution is -2.35. The number of aromatic nitrogens is 4. The summed E-state index contributed by atoms with van der Waals surface area (Å²) in [6.07, 6.45) is 10.8. The molecule has 162 valence electrons. The standard InChI is InChI=1S/C24H29N5O2/c30-23(27-11-10-20-18(15-27)13-25-26-20)17-8-9-21-22(12-17)28(14-16-6-7-16)24(31)29(21)19-4-2-1-3-5-19/h8-9,12-13,16,19H,1-7,10-11,14-15H2,(H,25,26). The lowest BCUT2D eigenvalue weighted by Gasteiger charge is -2.26. The van der Waals surface area contributed by atoms with E-state index in [1.165, 1.54) is 32.1 Å². The van der Waals surface area contributed by atoms with Gasteiger partial charge in [-0.25, -0.2) is 4.79 Å². The topological polar surface area (TPSA) is 75.9 Å². The number of carbonyl (C=O) groups is 1. The molecule has 2 aromatic heterocycles. The minimum absolute atomic E-state index is 0.0320. The van der Waals surface area contributed by atoms with Gasteiger partial charge in [-0.15, -0.1) is 0 Å². The van der Waals surface area contributed by atoms with Crippen molar-refractivity contribution in [2.75, 3.05) is 6.54 Å². The molecule has 0 spiro atoms. The highest BCUT2D eigenvalue weighted by Gasteiger charge is 2.29. The van der Waals surface area contributed by atoms with Crippen molar-refractivity contribution < 1.29 is 4.79 Å². The molecule has 6 rings (SSSR count). The molecule has 7 nitrogen and oxygen atoms in total. The summed E-state index contributed by atoms with van der Waals surface area (Å²) in [5.41, 5.74) is 4.92. The predicted octanol–water partition coefficient (Wildman–Crippen LogP) is 3.64. The fourth-order valence-corrected chi connectivity index (χ4v) is 5.42. The highest BCUT2D eigenvalue weighted by molar-refractivity contribution is 5.97. The molecule has 2 fully saturated rings. The van der Waals surface area contributed by atoms with Crippen LogP contribution in [-0.2, 0) is 19.5 Å². The minimum atomic E-state index is 0.0320. The Bertz CT molecular complexity index is 1190. The predicted molar refractivity (Wildman–Crippen MR) is 118 cm³/mol. The van der Waals surface area contributed by atoms with E-state index in [4.69, 9.17) is 0 Å². The van der Waals surface area contributed by atoms with Gasteiger partial charge >= 0.3 is 5.69 Å². The molecule has 3 aromatic rings. The van der Waals surface area contributed by atoms with Crippen molar-refractivity contribution in [2.24, 2.45) is 5.92 Å². The number of rotatable bonds is 4. The van der Waals surface area contributed by atoms with Crippen LogP contribution >= 0.6 is 0 Å². The second kappa shape index (κ2) is 7.39. The van der Waals surface area contributed by atoms with Gasteiger partial charge in [-0.1, -0.05) is 19.3 Å². The van der Waals surface area contributed by atoms with E-state index in [1.54, 1.807) is 0 Å². The molecule has 1 amide bonds. The second-order valence-electron chi connectivity index (χ2n) is 9.55. The summed E-state index contributed by atoms with van der Waals surface area (Å²) in [6.45, 7) is 2.04. The summed E-state index contributed by atoms with van der Waals surface area (Å²) in [5, 5.41) is 7.13. The first-order chi connectivity index (χ1) is 15.2. The van der Waals surface area contributed by atoms with Gasteiger partial charge in [0.05, 0.1) is 17.2 Å². The van der Waals surface area contributed by atoms with Crippen LogP contribution in [0.3, 0.4) is 0 Å². The molecule has 3 heterocycles. The Morgan fingerprint density at radius 3 is 2.74 bits per heavy atom. The van der Waals surface area contributed by atoms with Crippen LogP contribution in [0.25, 0.3) is 11.0 Å². The van der Waals surface area contributed by atoms with Crippen LogP contribution in [-0.4, -0.2) is 36.7 Å². The second-order valence-corrected chi connectivity index (χ2v) is 9.55. The van der Waals surface area contributed by atoms with Crippen molar-refractivity contribution in [3.8, 4) is 0 Å². The molecule has 0 bridgehead atoms. The van der Waals surface area contributed by atoms with E-state index in [0.717, 1.165) is 48.1 Å². The number of imidazole rings is 1. The van der Waals surface area contributed by atoms with Crippen LogP contribution < -0.4 is 5.69 Å². The summed E-state index contributed by atoms with van der Waals surface area (Å²) in [4.78, 5) is 28.7. The Morgan fingerprint density at radius 2 is 1.94 bits per heavy atom. The van der Waals surface area contributed by atoms with Crippen molar-refractivity contribution in [2.45, 2.75) is 70.5 Å². The number of aromatic amines is 1. The van der Waals surface area contributed by atoms with Crippen LogP contribution in [0.5, 0.6) is 0 Å². The van der Waals surface area contributed by atoms with E-state index in [-0.39, 0.29) is 17.6 Å². The minimum Gasteiger partial charge on any atom is -0.334 e. The first-order valence-electron chi connectivity index (χ1n) is 11.7. The summed E-state index contributed by atoms with van der Waals surface area (Å²) in [7, 11) is 0. The quantitative estimate of drug-likeness (QED) is 0.701. The van der Waals surface area contributed by atoms with Gasteiger partial charge in [0, 0.05) is 48.9 Å². The Labute approximate surface area is 181 Å². The fraction of sp³-hybridized carbons (Fsp3) is 0.542. The third-order valence-electron chi connectivity index (χ3n) is 7.37. The molecule has 1 N–H and O–H groups in total. The molecular weight excluding hydrogens is 390 g/mol. The van der Waals surface area contributed by atoms with Crippen LogP contribution in [0.4, 0.5) is 0 Å². The van der Waals surface area contributed by atoms with Gasteiger partial charge in [0.1, 0.15) is 0 Å². The number of benzene rings is 1. The first kappa shape index (κ1) is 18.9. The molecule has 2 saturated carbocycles. The summed E-state index contributed by atoms with van der Waals surface area (Å²) < 4.78 is 3.98. The highest BCUT2D eigenvalue weighted by Crippen LogP contribution is 2.34. The Balaban J connectivity index is 1.38. The molecule has 1 aliphatic heterocycles. The van der Waals surface area contributed by atoms with Gasteiger partial charge in [0.15, 0.2) is 0 Å². The zero-order chi connectivity index (χ0) is 20.9. The highest BCUT2D eigenvalue weighted by atomic mass is 16.2. The van der Waals surface area contributed by atoms with Crippen LogP contribution in [0.1, 0.15) is 72.6 Å². The van der Waals surface area contributed by atoms with E-state index in [9.17, 15) is 9.59 Å². The van der Waals surface area contributed by atoms with Crippen molar-refractivity contribution in [1.29, 1.82) is 0 Å². The Morgan fingerprint density at radius 1 is 1.10 bits per heavy atom. The van der Waals surface area contributed by atoms with E-state index < -0.39 is 0 Å². The smallest absolute Gasteiger partial charge is 0.329 e. The van der Waals surface area contributed by atoms with Gasteiger partial charge in [0.2, 0.25) is 0 Å². The molecule has 0 unspecified atom stereocenters. The lowest BCUT2D eigenvalue weighted by atomic mass is 9.95. The molecular formula is C24H29N5O2. The number of nitrogens with zero attached hydrogens (tertiary/aromatic N) is 4. The first-order valence-corrected chi connectivity index (χ1v) is 11.7. The molecule has 0 saturated heterocycles. The van der Waals surface area contributed by atoms with Gasteiger partial charge in [-0.2, -0.15) is 5.10 Å². The van der Waals surface area contributed by atoms with Crippen LogP contribution in [0.2, 0.25) is 0 Å². The molecule has 0 atom stereocenters. The Kier molecular flexibility index (Phi) is 4.51. The number of amides is 1. The van der Waals surface area contributed by atoms with E-state index in [0.29, 0.717) is 24.6 Å². The normalized spacial score (nSPS) is 19.7. The average molecular weight is 420 g/mol. The summed E-state index contributed by atoms with van der Waals surface area (Å²) in [6, 6.07) is 6.17. The monoisotopic (exact) mass is 419 g/mol. The zero-order valence-electron chi connectivity index (χ0n) is 17.8. The molecule has 1 aromatic carbocycles. The Hall–Kier alpha value is -2.83. The molecule has 0 radical (unpaired) electrons. The largest absolute Gasteiger partial charge is 0.334 e.